The molecule has 2 amide bonds. The van der Waals surface area contributed by atoms with Crippen LogP contribution in [0.1, 0.15) is 45.7 Å². The molecule has 1 aliphatic rings. The average Bonchev–Trinajstić information content (AvgIpc) is 2.75. The van der Waals surface area contributed by atoms with Crippen molar-refractivity contribution in [2.45, 2.75) is 45.4 Å². The number of anilines is 1. The van der Waals surface area contributed by atoms with Crippen molar-refractivity contribution in [2.24, 2.45) is 5.41 Å². The van der Waals surface area contributed by atoms with Crippen LogP contribution < -0.4 is 10.6 Å². The van der Waals surface area contributed by atoms with Gasteiger partial charge in [-0.2, -0.15) is 0 Å². The van der Waals surface area contributed by atoms with Crippen LogP contribution in [-0.4, -0.2) is 28.6 Å². The van der Waals surface area contributed by atoms with Gasteiger partial charge in [0, 0.05) is 17.3 Å². The van der Waals surface area contributed by atoms with E-state index in [0.717, 1.165) is 12.1 Å². The number of carboxylic acids is 1. The van der Waals surface area contributed by atoms with Crippen molar-refractivity contribution in [2.75, 3.05) is 11.9 Å². The van der Waals surface area contributed by atoms with Crippen LogP contribution >= 0.6 is 11.3 Å². The van der Waals surface area contributed by atoms with Gasteiger partial charge >= 0.3 is 12.0 Å². The summed E-state index contributed by atoms with van der Waals surface area (Å²) in [5.74, 6) is -0.835. The zero-order valence-electron chi connectivity index (χ0n) is 12.5. The maximum atomic E-state index is 11.8. The van der Waals surface area contributed by atoms with Gasteiger partial charge in [0.15, 0.2) is 5.13 Å². The van der Waals surface area contributed by atoms with E-state index >= 15 is 0 Å². The number of nitrogens with zero attached hydrogens (tertiary/aromatic N) is 1. The zero-order chi connectivity index (χ0) is 15.7. The fraction of sp³-hybridized carbons (Fsp3) is 0.643. The minimum absolute atomic E-state index is 0.0633. The van der Waals surface area contributed by atoms with Crippen LogP contribution in [0, 0.1) is 5.41 Å². The Balaban J connectivity index is 1.88. The number of hydrogen-bond acceptors (Lipinski definition) is 4. The summed E-state index contributed by atoms with van der Waals surface area (Å²) in [7, 11) is 0. The quantitative estimate of drug-likeness (QED) is 0.797. The Bertz CT molecular complexity index is 544. The maximum Gasteiger partial charge on any atom is 0.321 e. The molecule has 1 aromatic rings. The molecule has 1 aromatic heterocycles. The predicted octanol–water partition coefficient (Wildman–Crippen LogP) is 2.82. The van der Waals surface area contributed by atoms with Gasteiger partial charge in [-0.15, -0.1) is 11.3 Å². The number of carbonyl (C=O) groups excluding carboxylic acids is 1. The minimum atomic E-state index is -0.835. The van der Waals surface area contributed by atoms with E-state index in [-0.39, 0.29) is 12.0 Å². The summed E-state index contributed by atoms with van der Waals surface area (Å²) in [6, 6.07) is -0.405. The molecule has 2 rings (SSSR count). The number of carboxylic acid groups (broad SMARTS) is 1. The van der Waals surface area contributed by atoms with Crippen molar-refractivity contribution < 1.29 is 14.7 Å². The molecular formula is C14H21N3O3S. The first-order chi connectivity index (χ1) is 9.73. The highest BCUT2D eigenvalue weighted by Crippen LogP contribution is 2.40. The third-order valence-corrected chi connectivity index (χ3v) is 4.60. The monoisotopic (exact) mass is 311 g/mol. The van der Waals surface area contributed by atoms with Gasteiger partial charge in [0.05, 0.1) is 11.1 Å². The molecule has 7 heteroatoms. The van der Waals surface area contributed by atoms with E-state index in [9.17, 15) is 14.7 Å². The standard InChI is InChI=1S/C14H21N3O3S/c1-13(2,3)9-7-21-12(16-9)17-11(20)15-8-14(10(18)19)5-4-6-14/h7H,4-6,8H2,1-3H3,(H,18,19)(H2,15,16,17,20). The van der Waals surface area contributed by atoms with Crippen LogP contribution in [0.25, 0.3) is 0 Å². The zero-order valence-corrected chi connectivity index (χ0v) is 13.3. The lowest BCUT2D eigenvalue weighted by atomic mass is 9.69. The van der Waals surface area contributed by atoms with Crippen LogP contribution in [0.5, 0.6) is 0 Å². The molecule has 0 bridgehead atoms. The van der Waals surface area contributed by atoms with Gasteiger partial charge in [-0.05, 0) is 12.8 Å². The Morgan fingerprint density at radius 3 is 2.52 bits per heavy atom. The van der Waals surface area contributed by atoms with Crippen molar-refractivity contribution in [1.29, 1.82) is 0 Å². The van der Waals surface area contributed by atoms with Crippen molar-refractivity contribution in [1.82, 2.24) is 10.3 Å². The highest BCUT2D eigenvalue weighted by atomic mass is 32.1. The molecule has 116 valence electrons. The third kappa shape index (κ3) is 3.53. The number of carbonyl (C=O) groups is 2. The van der Waals surface area contributed by atoms with Gasteiger partial charge in [0.2, 0.25) is 0 Å². The lowest BCUT2D eigenvalue weighted by Crippen LogP contribution is -2.48. The second kappa shape index (κ2) is 5.63. The Morgan fingerprint density at radius 2 is 2.10 bits per heavy atom. The molecular weight excluding hydrogens is 290 g/mol. The number of aliphatic carboxylic acids is 1. The van der Waals surface area contributed by atoms with Crippen molar-refractivity contribution in [3.8, 4) is 0 Å². The number of nitrogens with one attached hydrogen (secondary N) is 2. The van der Waals surface area contributed by atoms with E-state index in [2.05, 4.69) is 36.4 Å². The van der Waals surface area contributed by atoms with E-state index in [1.165, 1.54) is 11.3 Å². The highest BCUT2D eigenvalue weighted by Gasteiger charge is 2.44. The van der Waals surface area contributed by atoms with Gasteiger partial charge in [-0.1, -0.05) is 27.2 Å². The summed E-state index contributed by atoms with van der Waals surface area (Å²) in [5.41, 5.74) is 0.0759. The smallest absolute Gasteiger partial charge is 0.321 e. The molecule has 0 aromatic carbocycles. The second-order valence-electron chi connectivity index (χ2n) is 6.53. The summed E-state index contributed by atoms with van der Waals surface area (Å²) in [4.78, 5) is 27.4. The predicted molar refractivity (Wildman–Crippen MR) is 81.8 cm³/mol. The fourth-order valence-corrected chi connectivity index (χ4v) is 3.07. The SMILES string of the molecule is CC(C)(C)c1csc(NC(=O)NCC2(C(=O)O)CCC2)n1. The summed E-state index contributed by atoms with van der Waals surface area (Å²) < 4.78 is 0. The molecule has 1 fully saturated rings. The highest BCUT2D eigenvalue weighted by molar-refractivity contribution is 7.13. The van der Waals surface area contributed by atoms with Crippen LogP contribution in [0.15, 0.2) is 5.38 Å². The van der Waals surface area contributed by atoms with Crippen molar-refractivity contribution in [3.05, 3.63) is 11.1 Å². The molecule has 21 heavy (non-hydrogen) atoms. The number of aromatic nitrogens is 1. The van der Waals surface area contributed by atoms with Crippen molar-refractivity contribution in [3.63, 3.8) is 0 Å². The second-order valence-corrected chi connectivity index (χ2v) is 7.39. The summed E-state index contributed by atoms with van der Waals surface area (Å²) >= 11 is 1.36. The summed E-state index contributed by atoms with van der Waals surface area (Å²) in [5, 5.41) is 16.9. The Morgan fingerprint density at radius 1 is 1.43 bits per heavy atom. The van der Waals surface area contributed by atoms with Crippen molar-refractivity contribution >= 4 is 28.5 Å². The molecule has 0 radical (unpaired) electrons. The first kappa shape index (κ1) is 15.8. The first-order valence-corrected chi connectivity index (χ1v) is 7.85. The molecule has 0 spiro atoms. The summed E-state index contributed by atoms with van der Waals surface area (Å²) in [6.45, 7) is 6.32. The van der Waals surface area contributed by atoms with E-state index in [0.29, 0.717) is 18.0 Å². The Hall–Kier alpha value is -1.63. The van der Waals surface area contributed by atoms with Gasteiger partial charge in [-0.25, -0.2) is 9.78 Å². The van der Waals surface area contributed by atoms with Crippen LogP contribution in [-0.2, 0) is 10.2 Å². The Labute approximate surface area is 128 Å². The van der Waals surface area contributed by atoms with E-state index in [1.54, 1.807) is 0 Å². The molecule has 1 saturated carbocycles. The van der Waals surface area contributed by atoms with Gasteiger partial charge < -0.3 is 10.4 Å². The van der Waals surface area contributed by atoms with Crippen LogP contribution in [0.2, 0.25) is 0 Å². The number of hydrogen-bond donors (Lipinski definition) is 3. The van der Waals surface area contributed by atoms with Gasteiger partial charge in [-0.3, -0.25) is 10.1 Å². The largest absolute Gasteiger partial charge is 0.481 e. The molecule has 1 aliphatic carbocycles. The van der Waals surface area contributed by atoms with Crippen LogP contribution in [0.4, 0.5) is 9.93 Å². The average molecular weight is 311 g/mol. The fourth-order valence-electron chi connectivity index (χ4n) is 2.14. The third-order valence-electron chi connectivity index (χ3n) is 3.84. The number of rotatable bonds is 4. The maximum absolute atomic E-state index is 11.8. The Kier molecular flexibility index (Phi) is 4.22. The van der Waals surface area contributed by atoms with Gasteiger partial charge in [0.25, 0.3) is 0 Å². The number of thiazole rings is 1. The topological polar surface area (TPSA) is 91.3 Å². The van der Waals surface area contributed by atoms with E-state index < -0.39 is 17.4 Å². The number of urea groups is 1. The first-order valence-electron chi connectivity index (χ1n) is 6.97. The molecule has 3 N–H and O–H groups in total. The molecule has 6 nitrogen and oxygen atoms in total. The van der Waals surface area contributed by atoms with Crippen LogP contribution in [0.3, 0.4) is 0 Å². The number of amides is 2. The lowest BCUT2D eigenvalue weighted by Gasteiger charge is -2.37. The summed E-state index contributed by atoms with van der Waals surface area (Å²) in [6.07, 6.45) is 2.14. The van der Waals surface area contributed by atoms with Gasteiger partial charge in [0.1, 0.15) is 0 Å². The van der Waals surface area contributed by atoms with E-state index in [4.69, 9.17) is 0 Å². The molecule has 0 unspecified atom stereocenters. The lowest BCUT2D eigenvalue weighted by molar-refractivity contribution is -0.153. The molecule has 1 heterocycles. The molecule has 0 saturated heterocycles. The normalized spacial score (nSPS) is 16.9. The minimum Gasteiger partial charge on any atom is -0.481 e. The molecule has 0 atom stereocenters. The molecule has 0 aliphatic heterocycles. The van der Waals surface area contributed by atoms with E-state index in [1.807, 2.05) is 5.38 Å².